The third-order valence-corrected chi connectivity index (χ3v) is 7.75. The Morgan fingerprint density at radius 2 is 1.43 bits per heavy atom. The van der Waals surface area contributed by atoms with E-state index in [2.05, 4.69) is 18.7 Å². The van der Waals surface area contributed by atoms with Crippen LogP contribution < -0.4 is 9.04 Å². The smallest absolute Gasteiger partial charge is 0.416 e. The second-order valence-corrected chi connectivity index (χ2v) is 10.5. The molecule has 5 nitrogen and oxygen atoms in total. The molecule has 0 bridgehead atoms. The van der Waals surface area contributed by atoms with Gasteiger partial charge in [0.15, 0.2) is 0 Å². The van der Waals surface area contributed by atoms with Gasteiger partial charge < -0.3 is 9.64 Å². The van der Waals surface area contributed by atoms with E-state index in [1.165, 1.54) is 32.9 Å². The van der Waals surface area contributed by atoms with Crippen molar-refractivity contribution >= 4 is 15.7 Å². The number of anilines is 1. The Bertz CT molecular complexity index is 978. The summed E-state index contributed by atoms with van der Waals surface area (Å²) in [4.78, 5) is 2.29. The standard InChI is InChI=1S/C26H37F3N2O3S/c1-4-6-19-31(5-2)20-9-7-8-10-21-34-24-15-13-23(14-16-24)30(3)35(32,33)25-17-11-22(12-18-25)26(27,28)29/h11-18H,4-10,19-21H2,1-3H3. The van der Waals surface area contributed by atoms with E-state index in [9.17, 15) is 21.6 Å². The quantitative estimate of drug-likeness (QED) is 0.252. The molecule has 0 aliphatic rings. The van der Waals surface area contributed by atoms with Gasteiger partial charge in [0.05, 0.1) is 22.8 Å². The number of ether oxygens (including phenoxy) is 1. The zero-order chi connectivity index (χ0) is 25.9. The number of rotatable bonds is 15. The lowest BCUT2D eigenvalue weighted by atomic mass is 10.2. The van der Waals surface area contributed by atoms with Crippen LogP contribution in [-0.4, -0.2) is 46.6 Å². The highest BCUT2D eigenvalue weighted by atomic mass is 32.2. The number of alkyl halides is 3. The lowest BCUT2D eigenvalue weighted by Crippen LogP contribution is -2.26. The van der Waals surface area contributed by atoms with E-state index < -0.39 is 21.8 Å². The predicted molar refractivity (Wildman–Crippen MR) is 134 cm³/mol. The largest absolute Gasteiger partial charge is 0.494 e. The zero-order valence-corrected chi connectivity index (χ0v) is 21.7. The maximum absolute atomic E-state index is 12.8. The highest BCUT2D eigenvalue weighted by molar-refractivity contribution is 7.92. The van der Waals surface area contributed by atoms with Gasteiger partial charge in [-0.3, -0.25) is 4.31 Å². The van der Waals surface area contributed by atoms with Gasteiger partial charge in [-0.15, -0.1) is 0 Å². The summed E-state index contributed by atoms with van der Waals surface area (Å²) in [5.74, 6) is 0.644. The van der Waals surface area contributed by atoms with E-state index >= 15 is 0 Å². The van der Waals surface area contributed by atoms with Crippen molar-refractivity contribution < 1.29 is 26.3 Å². The minimum atomic E-state index is -4.52. The number of benzene rings is 2. The van der Waals surface area contributed by atoms with E-state index in [1.54, 1.807) is 24.3 Å². The van der Waals surface area contributed by atoms with Crippen molar-refractivity contribution in [2.75, 3.05) is 37.6 Å². The molecule has 0 radical (unpaired) electrons. The summed E-state index contributed by atoms with van der Waals surface area (Å²) in [7, 11) is -2.62. The summed E-state index contributed by atoms with van der Waals surface area (Å²) in [6.07, 6.45) is 2.35. The van der Waals surface area contributed by atoms with Crippen molar-refractivity contribution in [1.29, 1.82) is 0 Å². The molecule has 0 aromatic heterocycles. The van der Waals surface area contributed by atoms with E-state index in [-0.39, 0.29) is 4.90 Å². The maximum Gasteiger partial charge on any atom is 0.416 e. The molecule has 0 atom stereocenters. The summed E-state index contributed by atoms with van der Waals surface area (Å²) in [6.45, 7) is 8.42. The van der Waals surface area contributed by atoms with Gasteiger partial charge in [0.2, 0.25) is 0 Å². The van der Waals surface area contributed by atoms with Crippen LogP contribution in [0.15, 0.2) is 53.4 Å². The van der Waals surface area contributed by atoms with Crippen LogP contribution >= 0.6 is 0 Å². The van der Waals surface area contributed by atoms with Gasteiger partial charge in [-0.1, -0.05) is 33.1 Å². The van der Waals surface area contributed by atoms with Crippen molar-refractivity contribution in [3.8, 4) is 5.75 Å². The molecule has 9 heteroatoms. The molecule has 2 rings (SSSR count). The summed E-state index contributed by atoms with van der Waals surface area (Å²) in [5.41, 5.74) is -0.503. The first kappa shape index (κ1) is 29.0. The van der Waals surface area contributed by atoms with Crippen molar-refractivity contribution in [1.82, 2.24) is 4.90 Å². The molecule has 0 amide bonds. The third kappa shape index (κ3) is 9.04. The molecule has 0 spiro atoms. The van der Waals surface area contributed by atoms with E-state index in [1.807, 2.05) is 0 Å². The minimum Gasteiger partial charge on any atom is -0.494 e. The lowest BCUT2D eigenvalue weighted by Gasteiger charge is -2.20. The lowest BCUT2D eigenvalue weighted by molar-refractivity contribution is -0.137. The molecule has 0 N–H and O–H groups in total. The van der Waals surface area contributed by atoms with Crippen LogP contribution in [0.5, 0.6) is 5.75 Å². The van der Waals surface area contributed by atoms with E-state index in [0.29, 0.717) is 18.0 Å². The van der Waals surface area contributed by atoms with Crippen LogP contribution in [0.1, 0.15) is 57.9 Å². The van der Waals surface area contributed by atoms with Crippen molar-refractivity contribution in [2.24, 2.45) is 0 Å². The Labute approximate surface area is 207 Å². The monoisotopic (exact) mass is 514 g/mol. The molecular formula is C26H37F3N2O3S. The molecule has 0 aliphatic heterocycles. The predicted octanol–water partition coefficient (Wildman–Crippen LogP) is 6.59. The average molecular weight is 515 g/mol. The fourth-order valence-electron chi connectivity index (χ4n) is 3.66. The molecule has 0 aliphatic carbocycles. The topological polar surface area (TPSA) is 49.9 Å². The highest BCUT2D eigenvalue weighted by Crippen LogP contribution is 2.31. The molecule has 0 saturated carbocycles. The Hall–Kier alpha value is -2.26. The Morgan fingerprint density at radius 1 is 0.829 bits per heavy atom. The second kappa shape index (κ2) is 13.7. The van der Waals surface area contributed by atoms with Gasteiger partial charge in [0.25, 0.3) is 10.0 Å². The third-order valence-electron chi connectivity index (χ3n) is 5.95. The van der Waals surface area contributed by atoms with Crippen LogP contribution in [0.4, 0.5) is 18.9 Å². The summed E-state index contributed by atoms with van der Waals surface area (Å²) in [5, 5.41) is 0. The number of sulfonamides is 1. The first-order chi connectivity index (χ1) is 16.6. The molecule has 0 fully saturated rings. The fraction of sp³-hybridized carbons (Fsp3) is 0.538. The first-order valence-electron chi connectivity index (χ1n) is 12.2. The summed E-state index contributed by atoms with van der Waals surface area (Å²) in [6, 6.07) is 10.1. The average Bonchev–Trinajstić information content (AvgIpc) is 2.84. The highest BCUT2D eigenvalue weighted by Gasteiger charge is 2.31. The van der Waals surface area contributed by atoms with Gasteiger partial charge in [0.1, 0.15) is 5.75 Å². The number of unbranched alkanes of at least 4 members (excludes halogenated alkanes) is 4. The van der Waals surface area contributed by atoms with Gasteiger partial charge in [0, 0.05) is 7.05 Å². The SMILES string of the molecule is CCCCN(CC)CCCCCCOc1ccc(N(C)S(=O)(=O)c2ccc(C(F)(F)F)cc2)cc1. The summed E-state index contributed by atoms with van der Waals surface area (Å²) < 4.78 is 70.7. The van der Waals surface area contributed by atoms with Crippen molar-refractivity contribution in [3.05, 3.63) is 54.1 Å². The first-order valence-corrected chi connectivity index (χ1v) is 13.6. The maximum atomic E-state index is 12.8. The van der Waals surface area contributed by atoms with Gasteiger partial charge >= 0.3 is 6.18 Å². The molecular weight excluding hydrogens is 477 g/mol. The van der Waals surface area contributed by atoms with Crippen LogP contribution in [0.25, 0.3) is 0 Å². The molecule has 35 heavy (non-hydrogen) atoms. The zero-order valence-electron chi connectivity index (χ0n) is 20.9. The number of hydrogen-bond acceptors (Lipinski definition) is 4. The molecule has 0 unspecified atom stereocenters. The van der Waals surface area contributed by atoms with E-state index in [0.717, 1.165) is 60.9 Å². The van der Waals surface area contributed by atoms with Gasteiger partial charge in [-0.2, -0.15) is 13.2 Å². The number of hydrogen-bond donors (Lipinski definition) is 0. The fourth-order valence-corrected chi connectivity index (χ4v) is 4.85. The Kier molecular flexibility index (Phi) is 11.4. The molecule has 196 valence electrons. The second-order valence-electron chi connectivity index (χ2n) is 8.54. The van der Waals surface area contributed by atoms with E-state index in [4.69, 9.17) is 4.74 Å². The van der Waals surface area contributed by atoms with Crippen LogP contribution in [0.2, 0.25) is 0 Å². The van der Waals surface area contributed by atoms with Gasteiger partial charge in [-0.25, -0.2) is 8.42 Å². The minimum absolute atomic E-state index is 0.208. The van der Waals surface area contributed by atoms with Crippen molar-refractivity contribution in [2.45, 2.75) is 63.4 Å². The van der Waals surface area contributed by atoms with Crippen LogP contribution in [0, 0.1) is 0 Å². The molecule has 0 heterocycles. The normalized spacial score (nSPS) is 12.2. The number of nitrogens with zero attached hydrogens (tertiary/aromatic N) is 2. The molecule has 2 aromatic carbocycles. The Morgan fingerprint density at radius 3 is 2.00 bits per heavy atom. The molecule has 2 aromatic rings. The van der Waals surface area contributed by atoms with Crippen LogP contribution in [0.3, 0.4) is 0 Å². The van der Waals surface area contributed by atoms with Crippen LogP contribution in [-0.2, 0) is 16.2 Å². The Balaban J connectivity index is 1.79. The number of halogens is 3. The summed E-state index contributed by atoms with van der Waals surface area (Å²) >= 11 is 0. The van der Waals surface area contributed by atoms with Crippen molar-refractivity contribution in [3.63, 3.8) is 0 Å². The van der Waals surface area contributed by atoms with Gasteiger partial charge in [-0.05, 0) is 87.4 Å². The molecule has 0 saturated heterocycles.